The zero-order chi connectivity index (χ0) is 22.5. The number of likely N-dealkylation sites (N-methyl/N-ethyl adjacent to an activating group) is 2. The summed E-state index contributed by atoms with van der Waals surface area (Å²) in [6.45, 7) is 7.06. The molecule has 0 unspecified atom stereocenters. The van der Waals surface area contributed by atoms with Crippen molar-refractivity contribution in [3.8, 4) is 0 Å². The van der Waals surface area contributed by atoms with Gasteiger partial charge < -0.3 is 20.5 Å². The van der Waals surface area contributed by atoms with Gasteiger partial charge in [0.05, 0.1) is 13.2 Å². The Balaban J connectivity index is -0.00000116. The van der Waals surface area contributed by atoms with E-state index >= 15 is 0 Å². The summed E-state index contributed by atoms with van der Waals surface area (Å²) in [4.78, 5) is 11.5. The monoisotopic (exact) mass is 611 g/mol. The van der Waals surface area contributed by atoms with E-state index in [2.05, 4.69) is 29.7 Å². The summed E-state index contributed by atoms with van der Waals surface area (Å²) in [5.41, 5.74) is 0. The van der Waals surface area contributed by atoms with Crippen molar-refractivity contribution in [3.63, 3.8) is 0 Å². The molecule has 0 aromatic carbocycles. The third kappa shape index (κ3) is 37.4. The first-order valence-corrected chi connectivity index (χ1v) is 12.4. The van der Waals surface area contributed by atoms with Gasteiger partial charge in [0.2, 0.25) is 0 Å². The first-order chi connectivity index (χ1) is 14.7. The third-order valence-electron chi connectivity index (χ3n) is 4.74. The van der Waals surface area contributed by atoms with Gasteiger partial charge in [-0.05, 0) is 39.2 Å². The number of hydrogen-bond acceptors (Lipinski definition) is 4. The van der Waals surface area contributed by atoms with Gasteiger partial charge in [0.15, 0.2) is 0 Å². The molecule has 0 saturated carbocycles. The van der Waals surface area contributed by atoms with Crippen molar-refractivity contribution >= 4 is 5.97 Å². The second kappa shape index (κ2) is 34.4. The molecular formula is C25H51N2O3W-. The molecule has 0 aliphatic rings. The Kier molecular flexibility index (Phi) is 39.2. The van der Waals surface area contributed by atoms with E-state index in [4.69, 9.17) is 9.84 Å². The van der Waals surface area contributed by atoms with Crippen LogP contribution in [0.2, 0.25) is 0 Å². The van der Waals surface area contributed by atoms with Gasteiger partial charge in [-0.25, -0.2) is 0 Å². The van der Waals surface area contributed by atoms with Crippen LogP contribution in [0.5, 0.6) is 0 Å². The fourth-order valence-corrected chi connectivity index (χ4v) is 2.91. The molecular weight excluding hydrogens is 560 g/mol. The van der Waals surface area contributed by atoms with Gasteiger partial charge in [0, 0.05) is 34.0 Å². The van der Waals surface area contributed by atoms with E-state index in [1.165, 1.54) is 70.6 Å². The number of unbranched alkanes of at least 4 members (excludes halogenated alkanes) is 11. The number of ether oxygens (including phenoxy) is 1. The first-order valence-electron chi connectivity index (χ1n) is 12.4. The van der Waals surface area contributed by atoms with Crippen LogP contribution >= 0.6 is 0 Å². The summed E-state index contributed by atoms with van der Waals surface area (Å²) in [5, 5.41) is 14.9. The molecule has 186 valence electrons. The molecule has 5 nitrogen and oxygen atoms in total. The summed E-state index contributed by atoms with van der Waals surface area (Å²) in [6, 6.07) is 0. The second-order valence-corrected chi connectivity index (χ2v) is 7.65. The minimum absolute atomic E-state index is 0. The summed E-state index contributed by atoms with van der Waals surface area (Å²) in [6.07, 6.45) is 21.9. The second-order valence-electron chi connectivity index (χ2n) is 7.65. The van der Waals surface area contributed by atoms with Crippen LogP contribution in [-0.4, -0.2) is 51.0 Å². The molecule has 2 N–H and O–H groups in total. The number of rotatable bonds is 21. The molecule has 31 heavy (non-hydrogen) atoms. The number of esters is 1. The van der Waals surface area contributed by atoms with Crippen LogP contribution in [0.25, 0.3) is 5.32 Å². The number of nitrogens with zero attached hydrogens (tertiary/aromatic N) is 1. The van der Waals surface area contributed by atoms with E-state index in [-0.39, 0.29) is 33.6 Å². The maximum atomic E-state index is 11.5. The minimum atomic E-state index is -0.0658. The summed E-state index contributed by atoms with van der Waals surface area (Å²) >= 11 is 0. The van der Waals surface area contributed by atoms with E-state index < -0.39 is 0 Å². The molecule has 0 aromatic heterocycles. The molecule has 0 saturated heterocycles. The Hall–Kier alpha value is -0.222. The molecule has 0 aliphatic heterocycles. The Labute approximate surface area is 207 Å². The van der Waals surface area contributed by atoms with Crippen molar-refractivity contribution in [2.75, 3.05) is 39.9 Å². The van der Waals surface area contributed by atoms with Crippen LogP contribution in [0.4, 0.5) is 0 Å². The SMILES string of the molecule is CCCCCCCC/C=C\CCCCCCCC(=O)OCC[N-]CC.CNCCO.[W]. The Morgan fingerprint density at radius 3 is 1.94 bits per heavy atom. The van der Waals surface area contributed by atoms with E-state index in [0.29, 0.717) is 26.1 Å². The largest absolute Gasteiger partial charge is 0.660 e. The topological polar surface area (TPSA) is 72.7 Å². The number of carbonyl (C=O) groups excluding carboxylic acids is 1. The molecule has 0 radical (unpaired) electrons. The number of hydrogen-bond donors (Lipinski definition) is 2. The zero-order valence-electron chi connectivity index (χ0n) is 20.7. The molecule has 0 spiro atoms. The number of nitrogens with one attached hydrogen (secondary N) is 1. The maximum Gasteiger partial charge on any atom is 0.305 e. The van der Waals surface area contributed by atoms with Crippen molar-refractivity contribution in [3.05, 3.63) is 17.5 Å². The van der Waals surface area contributed by atoms with Crippen LogP contribution < -0.4 is 5.32 Å². The smallest absolute Gasteiger partial charge is 0.305 e. The zero-order valence-corrected chi connectivity index (χ0v) is 23.6. The van der Waals surface area contributed by atoms with Crippen molar-refractivity contribution in [1.82, 2.24) is 5.32 Å². The molecule has 0 amide bonds. The summed E-state index contributed by atoms with van der Waals surface area (Å²) in [5.74, 6) is -0.0658. The molecule has 0 aromatic rings. The van der Waals surface area contributed by atoms with Crippen LogP contribution in [0.1, 0.15) is 104 Å². The van der Waals surface area contributed by atoms with Crippen molar-refractivity contribution in [2.24, 2.45) is 0 Å². The van der Waals surface area contributed by atoms with Gasteiger partial charge in [-0.2, -0.15) is 6.54 Å². The minimum Gasteiger partial charge on any atom is -0.660 e. The van der Waals surface area contributed by atoms with E-state index in [0.717, 1.165) is 19.4 Å². The fourth-order valence-electron chi connectivity index (χ4n) is 2.91. The van der Waals surface area contributed by atoms with Crippen LogP contribution in [0.15, 0.2) is 12.2 Å². The molecule has 0 fully saturated rings. The van der Waals surface area contributed by atoms with Crippen molar-refractivity contribution in [2.45, 2.75) is 104 Å². The Morgan fingerprint density at radius 2 is 1.45 bits per heavy atom. The fraction of sp³-hybridized carbons (Fsp3) is 0.880. The average molecular weight is 612 g/mol. The predicted octanol–water partition coefficient (Wildman–Crippen LogP) is 6.16. The van der Waals surface area contributed by atoms with Gasteiger partial charge in [0.1, 0.15) is 0 Å². The van der Waals surface area contributed by atoms with Gasteiger partial charge in [-0.3, -0.25) is 4.79 Å². The Bertz CT molecular complexity index is 354. The van der Waals surface area contributed by atoms with Gasteiger partial charge in [-0.15, -0.1) is 6.54 Å². The number of aliphatic hydroxyl groups is 1. The number of aliphatic hydroxyl groups excluding tert-OH is 1. The normalized spacial score (nSPS) is 10.5. The molecule has 0 bridgehead atoms. The summed E-state index contributed by atoms with van der Waals surface area (Å²) in [7, 11) is 1.80. The quantitative estimate of drug-likeness (QED) is 0.0928. The molecule has 0 heterocycles. The summed E-state index contributed by atoms with van der Waals surface area (Å²) < 4.78 is 5.12. The van der Waals surface area contributed by atoms with Gasteiger partial charge in [-0.1, -0.05) is 77.4 Å². The van der Waals surface area contributed by atoms with Gasteiger partial charge in [0.25, 0.3) is 0 Å². The standard InChI is InChI=1S/C22H42NO2.C3H9NO.W/c1-3-5-6-7-8-9-10-11-12-13-14-15-16-17-18-19-22(24)25-21-20-23-4-2;1-4-2-3-5;/h11-12H,3-10,13-21H2,1-2H3;4-5H,2-3H2,1H3;/q-1;;/b12-11-;;. The van der Waals surface area contributed by atoms with E-state index in [1.807, 2.05) is 6.92 Å². The predicted molar refractivity (Wildman–Crippen MR) is 130 cm³/mol. The van der Waals surface area contributed by atoms with Crippen molar-refractivity contribution in [1.29, 1.82) is 0 Å². The molecule has 0 rings (SSSR count). The van der Waals surface area contributed by atoms with Crippen LogP contribution in [0.3, 0.4) is 0 Å². The molecule has 6 heteroatoms. The third-order valence-corrected chi connectivity index (χ3v) is 4.74. The van der Waals surface area contributed by atoms with E-state index in [1.54, 1.807) is 7.05 Å². The first kappa shape index (κ1) is 35.4. The Morgan fingerprint density at radius 1 is 0.903 bits per heavy atom. The van der Waals surface area contributed by atoms with E-state index in [9.17, 15) is 4.79 Å². The number of carbonyl (C=O) groups is 1. The molecule has 0 atom stereocenters. The number of allylic oxidation sites excluding steroid dienone is 2. The molecule has 0 aliphatic carbocycles. The van der Waals surface area contributed by atoms with Gasteiger partial charge >= 0.3 is 5.97 Å². The maximum absolute atomic E-state index is 11.5. The van der Waals surface area contributed by atoms with Crippen molar-refractivity contribution < 1.29 is 35.7 Å². The van der Waals surface area contributed by atoms with Crippen LogP contribution in [0, 0.1) is 0 Å². The average Bonchev–Trinajstić information content (AvgIpc) is 2.75. The van der Waals surface area contributed by atoms with Crippen LogP contribution in [-0.2, 0) is 30.6 Å².